The van der Waals surface area contributed by atoms with E-state index >= 15 is 0 Å². The molecule has 0 atom stereocenters. The molecule has 132 valence electrons. The number of carboxylic acids is 1. The molecule has 0 heterocycles. The van der Waals surface area contributed by atoms with Crippen LogP contribution in [0.25, 0.3) is 0 Å². The van der Waals surface area contributed by atoms with Gasteiger partial charge >= 0.3 is 5.97 Å². The number of likely N-dealkylation sites (N-methyl/N-ethyl adjacent to an activating group) is 1. The fourth-order valence-corrected chi connectivity index (χ4v) is 1.75. The van der Waals surface area contributed by atoms with Gasteiger partial charge in [0.1, 0.15) is 0 Å². The van der Waals surface area contributed by atoms with Crippen LogP contribution in [0.5, 0.6) is 0 Å². The molecule has 0 saturated heterocycles. The smallest absolute Gasteiger partial charge is 0.317 e. The van der Waals surface area contributed by atoms with Crippen molar-refractivity contribution in [1.29, 1.82) is 0 Å². The SMILES string of the molecule is CCCCN(CCOCCOCCOCCNC)CC(=O)O. The molecule has 0 rings (SSSR count). The number of carbonyl (C=O) groups is 1. The van der Waals surface area contributed by atoms with Crippen LogP contribution in [0.4, 0.5) is 0 Å². The van der Waals surface area contributed by atoms with Crippen molar-refractivity contribution in [3.05, 3.63) is 0 Å². The minimum atomic E-state index is -0.794. The molecular formula is C15H32N2O5. The summed E-state index contributed by atoms with van der Waals surface area (Å²) in [6.45, 7) is 7.86. The molecule has 22 heavy (non-hydrogen) atoms. The van der Waals surface area contributed by atoms with E-state index < -0.39 is 5.97 Å². The van der Waals surface area contributed by atoms with Crippen molar-refractivity contribution in [3.63, 3.8) is 0 Å². The number of unbranched alkanes of at least 4 members (excludes halogenated alkanes) is 1. The molecule has 0 radical (unpaired) electrons. The quantitative estimate of drug-likeness (QED) is 0.376. The lowest BCUT2D eigenvalue weighted by Crippen LogP contribution is -2.33. The molecule has 0 aliphatic carbocycles. The lowest BCUT2D eigenvalue weighted by atomic mass is 10.3. The molecule has 0 aromatic heterocycles. The monoisotopic (exact) mass is 320 g/mol. The van der Waals surface area contributed by atoms with Gasteiger partial charge in [-0.3, -0.25) is 9.69 Å². The van der Waals surface area contributed by atoms with Gasteiger partial charge in [0.2, 0.25) is 0 Å². The lowest BCUT2D eigenvalue weighted by Gasteiger charge is -2.19. The largest absolute Gasteiger partial charge is 0.480 e. The van der Waals surface area contributed by atoms with Crippen molar-refractivity contribution in [3.8, 4) is 0 Å². The topological polar surface area (TPSA) is 80.3 Å². The van der Waals surface area contributed by atoms with E-state index in [2.05, 4.69) is 12.2 Å². The second kappa shape index (κ2) is 16.6. The third-order valence-corrected chi connectivity index (χ3v) is 2.98. The van der Waals surface area contributed by atoms with Gasteiger partial charge in [-0.05, 0) is 20.0 Å². The predicted molar refractivity (Wildman–Crippen MR) is 85.4 cm³/mol. The Morgan fingerprint density at radius 1 is 1.00 bits per heavy atom. The number of hydrogen-bond donors (Lipinski definition) is 2. The van der Waals surface area contributed by atoms with E-state index in [0.717, 1.165) is 25.9 Å². The minimum absolute atomic E-state index is 0.0732. The molecule has 2 N–H and O–H groups in total. The Bertz CT molecular complexity index is 254. The Kier molecular flexibility index (Phi) is 16.1. The van der Waals surface area contributed by atoms with Crippen LogP contribution in [-0.4, -0.2) is 88.8 Å². The van der Waals surface area contributed by atoms with Crippen molar-refractivity contribution in [1.82, 2.24) is 10.2 Å². The number of nitrogens with one attached hydrogen (secondary N) is 1. The lowest BCUT2D eigenvalue weighted by molar-refractivity contribution is -0.138. The fourth-order valence-electron chi connectivity index (χ4n) is 1.75. The summed E-state index contributed by atoms with van der Waals surface area (Å²) in [5, 5.41) is 11.8. The molecule has 0 saturated carbocycles. The van der Waals surface area contributed by atoms with Gasteiger partial charge in [0.15, 0.2) is 0 Å². The Balaban J connectivity index is 3.39. The molecule has 0 spiro atoms. The van der Waals surface area contributed by atoms with Gasteiger partial charge in [0, 0.05) is 13.1 Å². The van der Waals surface area contributed by atoms with Gasteiger partial charge in [-0.1, -0.05) is 13.3 Å². The summed E-state index contributed by atoms with van der Waals surface area (Å²) in [7, 11) is 1.89. The maximum absolute atomic E-state index is 10.8. The van der Waals surface area contributed by atoms with Crippen LogP contribution >= 0.6 is 0 Å². The summed E-state index contributed by atoms with van der Waals surface area (Å²) in [6.07, 6.45) is 2.06. The molecule has 0 bridgehead atoms. The van der Waals surface area contributed by atoms with Crippen LogP contribution in [0, 0.1) is 0 Å². The molecular weight excluding hydrogens is 288 g/mol. The number of ether oxygens (including phenoxy) is 3. The van der Waals surface area contributed by atoms with Gasteiger partial charge in [-0.25, -0.2) is 0 Å². The summed E-state index contributed by atoms with van der Waals surface area (Å²) < 4.78 is 16.1. The summed E-state index contributed by atoms with van der Waals surface area (Å²) >= 11 is 0. The third kappa shape index (κ3) is 15.7. The standard InChI is InChI=1S/C15H32N2O5/c1-3-4-6-17(14-15(18)19)7-9-21-11-13-22-12-10-20-8-5-16-2/h16H,3-14H2,1-2H3,(H,18,19). The van der Waals surface area contributed by atoms with E-state index in [4.69, 9.17) is 19.3 Å². The van der Waals surface area contributed by atoms with Crippen molar-refractivity contribution in [2.75, 3.05) is 72.9 Å². The number of nitrogens with zero attached hydrogens (tertiary/aromatic N) is 1. The molecule has 0 aliphatic rings. The number of rotatable bonds is 17. The highest BCUT2D eigenvalue weighted by molar-refractivity contribution is 5.69. The molecule has 0 unspecified atom stereocenters. The zero-order chi connectivity index (χ0) is 16.5. The van der Waals surface area contributed by atoms with Crippen molar-refractivity contribution in [2.24, 2.45) is 0 Å². The van der Waals surface area contributed by atoms with Crippen molar-refractivity contribution in [2.45, 2.75) is 19.8 Å². The second-order valence-electron chi connectivity index (χ2n) is 4.96. The molecule has 7 heteroatoms. The zero-order valence-electron chi connectivity index (χ0n) is 14.0. The molecule has 0 aromatic carbocycles. The normalized spacial score (nSPS) is 11.2. The maximum Gasteiger partial charge on any atom is 0.317 e. The van der Waals surface area contributed by atoms with Crippen LogP contribution in [0.3, 0.4) is 0 Å². The molecule has 0 amide bonds. The highest BCUT2D eigenvalue weighted by atomic mass is 16.5. The van der Waals surface area contributed by atoms with E-state index in [9.17, 15) is 4.79 Å². The molecule has 7 nitrogen and oxygen atoms in total. The number of carboxylic acid groups (broad SMARTS) is 1. The van der Waals surface area contributed by atoms with E-state index in [1.54, 1.807) is 0 Å². The highest BCUT2D eigenvalue weighted by Crippen LogP contribution is 1.95. The first-order valence-electron chi connectivity index (χ1n) is 8.02. The van der Waals surface area contributed by atoms with Crippen LogP contribution < -0.4 is 5.32 Å². The van der Waals surface area contributed by atoms with Crippen LogP contribution in [-0.2, 0) is 19.0 Å². The summed E-state index contributed by atoms with van der Waals surface area (Å²) in [5.74, 6) is -0.794. The summed E-state index contributed by atoms with van der Waals surface area (Å²) in [6, 6.07) is 0. The average Bonchev–Trinajstić information content (AvgIpc) is 2.49. The molecule has 0 fully saturated rings. The summed E-state index contributed by atoms with van der Waals surface area (Å²) in [4.78, 5) is 12.7. The zero-order valence-corrected chi connectivity index (χ0v) is 14.0. The first-order valence-corrected chi connectivity index (χ1v) is 8.02. The number of hydrogen-bond acceptors (Lipinski definition) is 6. The first kappa shape index (κ1) is 21.3. The Morgan fingerprint density at radius 3 is 2.14 bits per heavy atom. The van der Waals surface area contributed by atoms with Gasteiger partial charge < -0.3 is 24.6 Å². The number of aliphatic carboxylic acids is 1. The molecule has 0 aromatic rings. The van der Waals surface area contributed by atoms with E-state index in [0.29, 0.717) is 46.2 Å². The van der Waals surface area contributed by atoms with Gasteiger partial charge in [-0.15, -0.1) is 0 Å². The van der Waals surface area contributed by atoms with E-state index in [-0.39, 0.29) is 6.54 Å². The third-order valence-electron chi connectivity index (χ3n) is 2.98. The van der Waals surface area contributed by atoms with Gasteiger partial charge in [0.05, 0.1) is 46.2 Å². The van der Waals surface area contributed by atoms with E-state index in [1.165, 1.54) is 0 Å². The van der Waals surface area contributed by atoms with Gasteiger partial charge in [-0.2, -0.15) is 0 Å². The van der Waals surface area contributed by atoms with Crippen LogP contribution in [0.15, 0.2) is 0 Å². The maximum atomic E-state index is 10.8. The van der Waals surface area contributed by atoms with Gasteiger partial charge in [0.25, 0.3) is 0 Å². The minimum Gasteiger partial charge on any atom is -0.480 e. The Labute approximate surface area is 133 Å². The van der Waals surface area contributed by atoms with Crippen LogP contribution in [0.2, 0.25) is 0 Å². The van der Waals surface area contributed by atoms with Crippen molar-refractivity contribution < 1.29 is 24.1 Å². The summed E-state index contributed by atoms with van der Waals surface area (Å²) in [5.41, 5.74) is 0. The van der Waals surface area contributed by atoms with Crippen LogP contribution in [0.1, 0.15) is 19.8 Å². The fraction of sp³-hybridized carbons (Fsp3) is 0.933. The van der Waals surface area contributed by atoms with Crippen molar-refractivity contribution >= 4 is 5.97 Å². The van der Waals surface area contributed by atoms with E-state index in [1.807, 2.05) is 11.9 Å². The average molecular weight is 320 g/mol. The first-order chi connectivity index (χ1) is 10.7. The Hall–Kier alpha value is -0.730. The highest BCUT2D eigenvalue weighted by Gasteiger charge is 2.08. The molecule has 0 aliphatic heterocycles. The second-order valence-corrected chi connectivity index (χ2v) is 4.96. The predicted octanol–water partition coefficient (Wildman–Crippen LogP) is 0.442. The Morgan fingerprint density at radius 2 is 1.59 bits per heavy atom.